The number of likely N-dealkylation sites (N-methyl/N-ethyl adjacent to an activating group) is 1. The SMILES string of the molecule is Cc1nn(-c2ccc(Cl)cc2)c(C)c1CC(=O)N(C)Cc1ccc(Cl)nc1. The van der Waals surface area contributed by atoms with Crippen LogP contribution in [0.1, 0.15) is 22.5 Å². The highest BCUT2D eigenvalue weighted by atomic mass is 35.5. The molecule has 3 rings (SSSR count). The molecule has 0 bridgehead atoms. The maximum Gasteiger partial charge on any atom is 0.227 e. The molecule has 0 radical (unpaired) electrons. The quantitative estimate of drug-likeness (QED) is 0.594. The first-order valence-corrected chi connectivity index (χ1v) is 9.26. The molecule has 5 nitrogen and oxygen atoms in total. The number of hydrogen-bond acceptors (Lipinski definition) is 3. The standard InChI is InChI=1S/C20H20Cl2N4O/c1-13-18(14(2)26(24-13)17-7-5-16(21)6-8-17)10-20(27)25(3)12-15-4-9-19(22)23-11-15/h4-9,11H,10,12H2,1-3H3. The van der Waals surface area contributed by atoms with Gasteiger partial charge in [-0.25, -0.2) is 9.67 Å². The molecule has 0 aliphatic rings. The second-order valence-corrected chi connectivity index (χ2v) is 7.28. The van der Waals surface area contributed by atoms with Gasteiger partial charge in [0.15, 0.2) is 0 Å². The van der Waals surface area contributed by atoms with Crippen LogP contribution in [0.25, 0.3) is 5.69 Å². The zero-order valence-corrected chi connectivity index (χ0v) is 16.9. The largest absolute Gasteiger partial charge is 0.341 e. The second-order valence-electron chi connectivity index (χ2n) is 6.45. The van der Waals surface area contributed by atoms with Crippen molar-refractivity contribution in [2.75, 3.05) is 7.05 Å². The van der Waals surface area contributed by atoms with Gasteiger partial charge in [0.1, 0.15) is 5.15 Å². The number of aryl methyl sites for hydroxylation is 1. The molecule has 0 fully saturated rings. The summed E-state index contributed by atoms with van der Waals surface area (Å²) in [5.74, 6) is 0.0202. The minimum absolute atomic E-state index is 0.0202. The zero-order chi connectivity index (χ0) is 19.6. The third-order valence-electron chi connectivity index (χ3n) is 4.47. The molecule has 0 aliphatic carbocycles. The molecule has 0 unspecified atom stereocenters. The van der Waals surface area contributed by atoms with Crippen molar-refractivity contribution in [2.24, 2.45) is 0 Å². The monoisotopic (exact) mass is 402 g/mol. The fourth-order valence-corrected chi connectivity index (χ4v) is 3.15. The average molecular weight is 403 g/mol. The van der Waals surface area contributed by atoms with Crippen LogP contribution in [-0.2, 0) is 17.8 Å². The van der Waals surface area contributed by atoms with Crippen LogP contribution in [0.15, 0.2) is 42.6 Å². The summed E-state index contributed by atoms with van der Waals surface area (Å²) in [5, 5.41) is 5.71. The van der Waals surface area contributed by atoms with Crippen molar-refractivity contribution in [3.05, 3.63) is 75.3 Å². The van der Waals surface area contributed by atoms with Crippen molar-refractivity contribution >= 4 is 29.1 Å². The summed E-state index contributed by atoms with van der Waals surface area (Å²) in [6.07, 6.45) is 1.98. The smallest absolute Gasteiger partial charge is 0.227 e. The molecule has 0 saturated carbocycles. The van der Waals surface area contributed by atoms with E-state index in [0.29, 0.717) is 23.1 Å². The van der Waals surface area contributed by atoms with E-state index in [2.05, 4.69) is 10.1 Å². The summed E-state index contributed by atoms with van der Waals surface area (Å²) >= 11 is 11.8. The van der Waals surface area contributed by atoms with E-state index in [9.17, 15) is 4.79 Å². The van der Waals surface area contributed by atoms with Gasteiger partial charge in [-0.2, -0.15) is 5.10 Å². The Hall–Kier alpha value is -2.37. The highest BCUT2D eigenvalue weighted by Crippen LogP contribution is 2.21. The van der Waals surface area contributed by atoms with Crippen LogP contribution in [0.2, 0.25) is 10.2 Å². The number of carbonyl (C=O) groups is 1. The Morgan fingerprint density at radius 1 is 1.11 bits per heavy atom. The first-order valence-electron chi connectivity index (χ1n) is 8.50. The summed E-state index contributed by atoms with van der Waals surface area (Å²) in [6, 6.07) is 11.1. The molecule has 0 atom stereocenters. The highest BCUT2D eigenvalue weighted by molar-refractivity contribution is 6.30. The predicted octanol–water partition coefficient (Wildman–Crippen LogP) is 4.39. The van der Waals surface area contributed by atoms with Crippen molar-refractivity contribution in [2.45, 2.75) is 26.8 Å². The van der Waals surface area contributed by atoms with Gasteiger partial charge in [-0.05, 0) is 49.7 Å². The summed E-state index contributed by atoms with van der Waals surface area (Å²) in [6.45, 7) is 4.37. The molecule has 0 saturated heterocycles. The minimum Gasteiger partial charge on any atom is -0.341 e. The number of pyridine rings is 1. The molecule has 140 valence electrons. The molecule has 0 N–H and O–H groups in total. The number of halogens is 2. The van der Waals surface area contributed by atoms with Crippen molar-refractivity contribution in [1.82, 2.24) is 19.7 Å². The number of aromatic nitrogens is 3. The first kappa shape index (κ1) is 19.4. The van der Waals surface area contributed by atoms with Gasteiger partial charge in [0.25, 0.3) is 0 Å². The Kier molecular flexibility index (Phi) is 5.82. The Bertz CT molecular complexity index is 949. The van der Waals surface area contributed by atoms with E-state index in [1.807, 2.05) is 48.9 Å². The maximum absolute atomic E-state index is 12.7. The second kappa shape index (κ2) is 8.11. The highest BCUT2D eigenvalue weighted by Gasteiger charge is 2.18. The van der Waals surface area contributed by atoms with Crippen LogP contribution in [-0.4, -0.2) is 32.6 Å². The number of carbonyl (C=O) groups excluding carboxylic acids is 1. The van der Waals surface area contributed by atoms with E-state index < -0.39 is 0 Å². The fourth-order valence-electron chi connectivity index (χ4n) is 2.91. The number of nitrogens with zero attached hydrogens (tertiary/aromatic N) is 4. The molecule has 1 aromatic carbocycles. The van der Waals surface area contributed by atoms with Crippen LogP contribution < -0.4 is 0 Å². The van der Waals surface area contributed by atoms with Gasteiger partial charge < -0.3 is 4.90 Å². The molecule has 0 aliphatic heterocycles. The summed E-state index contributed by atoms with van der Waals surface area (Å²) in [5.41, 5.74) is 4.58. The number of benzene rings is 1. The number of amides is 1. The van der Waals surface area contributed by atoms with Crippen LogP contribution in [0.4, 0.5) is 0 Å². The van der Waals surface area contributed by atoms with Crippen LogP contribution in [0.5, 0.6) is 0 Å². The predicted molar refractivity (Wildman–Crippen MR) is 107 cm³/mol. The molecular weight excluding hydrogens is 383 g/mol. The number of hydrogen-bond donors (Lipinski definition) is 0. The van der Waals surface area contributed by atoms with Gasteiger partial charge in [-0.3, -0.25) is 4.79 Å². The van der Waals surface area contributed by atoms with Crippen LogP contribution in [0.3, 0.4) is 0 Å². The average Bonchev–Trinajstić information content (AvgIpc) is 2.92. The van der Waals surface area contributed by atoms with Crippen molar-refractivity contribution in [1.29, 1.82) is 0 Å². The summed E-state index contributed by atoms with van der Waals surface area (Å²) in [4.78, 5) is 18.4. The molecular formula is C20H20Cl2N4O. The lowest BCUT2D eigenvalue weighted by molar-refractivity contribution is -0.129. The van der Waals surface area contributed by atoms with Crippen molar-refractivity contribution < 1.29 is 4.79 Å². The molecule has 0 spiro atoms. The molecule has 3 aromatic rings. The van der Waals surface area contributed by atoms with Crippen molar-refractivity contribution in [3.63, 3.8) is 0 Å². The minimum atomic E-state index is 0.0202. The normalized spacial score (nSPS) is 10.9. The molecule has 7 heteroatoms. The van der Waals surface area contributed by atoms with Gasteiger partial charge in [-0.1, -0.05) is 29.3 Å². The molecule has 27 heavy (non-hydrogen) atoms. The van der Waals surface area contributed by atoms with E-state index in [4.69, 9.17) is 23.2 Å². The molecule has 2 aromatic heterocycles. The first-order chi connectivity index (χ1) is 12.8. The molecule has 1 amide bonds. The Labute approximate surface area is 168 Å². The van der Waals surface area contributed by atoms with Crippen LogP contribution in [0, 0.1) is 13.8 Å². The zero-order valence-electron chi connectivity index (χ0n) is 15.4. The summed E-state index contributed by atoms with van der Waals surface area (Å²) in [7, 11) is 1.78. The van der Waals surface area contributed by atoms with E-state index in [0.717, 1.165) is 28.2 Å². The van der Waals surface area contributed by atoms with Crippen molar-refractivity contribution in [3.8, 4) is 5.69 Å². The lowest BCUT2D eigenvalue weighted by atomic mass is 10.1. The molecule has 2 heterocycles. The lowest BCUT2D eigenvalue weighted by Gasteiger charge is -2.17. The fraction of sp³-hybridized carbons (Fsp3) is 0.250. The summed E-state index contributed by atoms with van der Waals surface area (Å²) < 4.78 is 1.84. The van der Waals surface area contributed by atoms with E-state index >= 15 is 0 Å². The third-order valence-corrected chi connectivity index (χ3v) is 4.95. The van der Waals surface area contributed by atoms with Crippen LogP contribution >= 0.6 is 23.2 Å². The van der Waals surface area contributed by atoms with E-state index in [1.54, 1.807) is 24.2 Å². The van der Waals surface area contributed by atoms with Gasteiger partial charge in [-0.15, -0.1) is 0 Å². The van der Waals surface area contributed by atoms with Gasteiger partial charge in [0.2, 0.25) is 5.91 Å². The Morgan fingerprint density at radius 3 is 2.44 bits per heavy atom. The van der Waals surface area contributed by atoms with Gasteiger partial charge >= 0.3 is 0 Å². The number of rotatable bonds is 5. The topological polar surface area (TPSA) is 51.0 Å². The van der Waals surface area contributed by atoms with Gasteiger partial charge in [0.05, 0.1) is 17.8 Å². The van der Waals surface area contributed by atoms with Gasteiger partial charge in [0, 0.05) is 36.1 Å². The van der Waals surface area contributed by atoms with E-state index in [1.165, 1.54) is 0 Å². The Balaban J connectivity index is 1.75. The third kappa shape index (κ3) is 4.49. The Morgan fingerprint density at radius 2 is 1.81 bits per heavy atom. The lowest BCUT2D eigenvalue weighted by Crippen LogP contribution is -2.28. The maximum atomic E-state index is 12.7. The van der Waals surface area contributed by atoms with E-state index in [-0.39, 0.29) is 5.91 Å².